The molecule has 5 rings (SSSR count). The highest BCUT2D eigenvalue weighted by Crippen LogP contribution is 2.36. The van der Waals surface area contributed by atoms with Crippen LogP contribution < -0.4 is 5.32 Å². The first-order valence-corrected chi connectivity index (χ1v) is 13.8. The first kappa shape index (κ1) is 24.5. The van der Waals surface area contributed by atoms with Crippen LogP contribution in [-0.4, -0.2) is 25.9 Å². The van der Waals surface area contributed by atoms with Crippen molar-refractivity contribution in [1.29, 1.82) is 0 Å². The minimum atomic E-state index is -4.74. The van der Waals surface area contributed by atoms with E-state index >= 15 is 0 Å². The number of para-hydroxylation sites is 1. The van der Waals surface area contributed by atoms with Gasteiger partial charge >= 0.3 is 0 Å². The molecule has 3 N–H and O–H groups in total. The molecule has 0 unspecified atom stereocenters. The molecule has 5 aromatic rings. The zero-order valence-corrected chi connectivity index (χ0v) is 20.6. The van der Waals surface area contributed by atoms with E-state index in [9.17, 15) is 25.9 Å². The Balaban J connectivity index is 1.60. The monoisotopic (exact) mass is 533 g/mol. The molecule has 0 radical (unpaired) electrons. The fourth-order valence-electron chi connectivity index (χ4n) is 3.95. The van der Waals surface area contributed by atoms with Crippen molar-refractivity contribution in [2.24, 2.45) is 10.2 Å². The zero-order chi connectivity index (χ0) is 26.2. The van der Waals surface area contributed by atoms with Crippen LogP contribution in [0, 0.1) is 0 Å². The summed E-state index contributed by atoms with van der Waals surface area (Å²) in [5.74, 6) is 0. The SMILES string of the molecule is O=S(=O)(O)c1ccc2cc(/N=N/c3ccc(Nc4ccccc4)c4ccccc34)c(S(=O)(=O)O)cc2c1. The number of nitrogens with one attached hydrogen (secondary N) is 1. The smallest absolute Gasteiger partial charge is 0.296 e. The van der Waals surface area contributed by atoms with E-state index in [-0.39, 0.29) is 11.1 Å². The first-order chi connectivity index (χ1) is 17.6. The maximum atomic E-state index is 12.1. The fourth-order valence-corrected chi connectivity index (χ4v) is 5.11. The molecule has 0 saturated heterocycles. The molecule has 0 spiro atoms. The van der Waals surface area contributed by atoms with Crippen LogP contribution in [0.1, 0.15) is 0 Å². The van der Waals surface area contributed by atoms with E-state index in [4.69, 9.17) is 0 Å². The lowest BCUT2D eigenvalue weighted by Gasteiger charge is -2.11. The average molecular weight is 534 g/mol. The molecule has 0 atom stereocenters. The Bertz CT molecular complexity index is 1910. The Kier molecular flexibility index (Phi) is 6.21. The molecule has 5 aromatic carbocycles. The van der Waals surface area contributed by atoms with Gasteiger partial charge in [-0.2, -0.15) is 16.8 Å². The van der Waals surface area contributed by atoms with Gasteiger partial charge in [0.2, 0.25) is 0 Å². The summed E-state index contributed by atoms with van der Waals surface area (Å²) in [6, 6.07) is 26.9. The molecule has 0 saturated carbocycles. The van der Waals surface area contributed by atoms with Gasteiger partial charge in [0.25, 0.3) is 20.2 Å². The van der Waals surface area contributed by atoms with E-state index in [1.807, 2.05) is 60.7 Å². The number of anilines is 2. The van der Waals surface area contributed by atoms with Crippen molar-refractivity contribution >= 4 is 64.5 Å². The van der Waals surface area contributed by atoms with Gasteiger partial charge in [-0.25, -0.2) is 0 Å². The summed E-state index contributed by atoms with van der Waals surface area (Å²) in [6.07, 6.45) is 0. The topological polar surface area (TPSA) is 145 Å². The number of nitrogens with zero attached hydrogens (tertiary/aromatic N) is 2. The number of hydrogen-bond donors (Lipinski definition) is 3. The van der Waals surface area contributed by atoms with Crippen LogP contribution in [0.5, 0.6) is 0 Å². The van der Waals surface area contributed by atoms with Crippen molar-refractivity contribution in [1.82, 2.24) is 0 Å². The van der Waals surface area contributed by atoms with Crippen molar-refractivity contribution in [2.45, 2.75) is 9.79 Å². The molecule has 9 nitrogen and oxygen atoms in total. The van der Waals surface area contributed by atoms with E-state index in [1.165, 1.54) is 18.2 Å². The summed E-state index contributed by atoms with van der Waals surface area (Å²) in [5.41, 5.74) is 2.09. The molecule has 0 bridgehead atoms. The predicted octanol–water partition coefficient (Wildman–Crippen LogP) is 6.65. The second-order valence-corrected chi connectivity index (χ2v) is 11.0. The molecule has 11 heteroatoms. The standard InChI is InChI=1S/C26H19N3O6S2/c30-36(31,32)20-11-10-17-15-25(26(37(33,34)35)16-18(17)14-20)29-28-24-13-12-23(21-8-4-5-9-22(21)24)27-19-6-2-1-3-7-19/h1-16,27H,(H,30,31,32)(H,33,34,35)/b29-28+. The lowest BCUT2D eigenvalue weighted by atomic mass is 10.1. The van der Waals surface area contributed by atoms with Gasteiger partial charge in [-0.3, -0.25) is 9.11 Å². The zero-order valence-electron chi connectivity index (χ0n) is 19.0. The molecule has 0 fully saturated rings. The lowest BCUT2D eigenvalue weighted by molar-refractivity contribution is 0.481. The Morgan fingerprint density at radius 3 is 1.97 bits per heavy atom. The number of hydrogen-bond acceptors (Lipinski definition) is 7. The second kappa shape index (κ2) is 9.37. The predicted molar refractivity (Wildman–Crippen MR) is 141 cm³/mol. The number of rotatable bonds is 6. The number of azo groups is 1. The minimum Gasteiger partial charge on any atom is -0.355 e. The molecule has 0 amide bonds. The first-order valence-electron chi connectivity index (χ1n) is 10.9. The maximum Gasteiger partial charge on any atom is 0.296 e. The highest BCUT2D eigenvalue weighted by Gasteiger charge is 2.19. The Labute approximate surface area is 212 Å². The van der Waals surface area contributed by atoms with E-state index in [0.717, 1.165) is 34.3 Å². The number of benzene rings is 5. The van der Waals surface area contributed by atoms with Gasteiger partial charge in [0.1, 0.15) is 10.6 Å². The van der Waals surface area contributed by atoms with Gasteiger partial charge in [0, 0.05) is 22.1 Å². The molecule has 0 heterocycles. The highest BCUT2D eigenvalue weighted by atomic mass is 32.2. The van der Waals surface area contributed by atoms with Gasteiger partial charge in [-0.05, 0) is 59.3 Å². The third-order valence-electron chi connectivity index (χ3n) is 5.68. The van der Waals surface area contributed by atoms with Crippen LogP contribution in [0.15, 0.2) is 117 Å². The van der Waals surface area contributed by atoms with Crippen molar-refractivity contribution < 1.29 is 25.9 Å². The van der Waals surface area contributed by atoms with Crippen LogP contribution in [-0.2, 0) is 20.2 Å². The molecule has 37 heavy (non-hydrogen) atoms. The van der Waals surface area contributed by atoms with Gasteiger partial charge < -0.3 is 5.32 Å². The molecular weight excluding hydrogens is 514 g/mol. The van der Waals surface area contributed by atoms with Gasteiger partial charge in [0.05, 0.1) is 10.6 Å². The molecular formula is C26H19N3O6S2. The number of fused-ring (bicyclic) bond motifs is 2. The minimum absolute atomic E-state index is 0.134. The Morgan fingerprint density at radius 1 is 0.595 bits per heavy atom. The molecule has 0 aliphatic heterocycles. The average Bonchev–Trinajstić information content (AvgIpc) is 2.87. The van der Waals surface area contributed by atoms with E-state index in [1.54, 1.807) is 6.07 Å². The molecule has 0 aliphatic rings. The van der Waals surface area contributed by atoms with Crippen molar-refractivity contribution in [3.63, 3.8) is 0 Å². The summed E-state index contributed by atoms with van der Waals surface area (Å²) in [5, 5.41) is 14.0. The largest absolute Gasteiger partial charge is 0.355 e. The van der Waals surface area contributed by atoms with E-state index in [0.29, 0.717) is 11.1 Å². The van der Waals surface area contributed by atoms with Crippen molar-refractivity contribution in [3.05, 3.63) is 97.1 Å². The summed E-state index contributed by atoms with van der Waals surface area (Å²) in [7, 11) is -9.24. The summed E-state index contributed by atoms with van der Waals surface area (Å²) >= 11 is 0. The molecule has 0 aliphatic carbocycles. The third kappa shape index (κ3) is 5.20. The van der Waals surface area contributed by atoms with Crippen LogP contribution in [0.2, 0.25) is 0 Å². The summed E-state index contributed by atoms with van der Waals surface area (Å²) < 4.78 is 66.2. The maximum absolute atomic E-state index is 12.1. The Hall–Kier alpha value is -4.16. The van der Waals surface area contributed by atoms with E-state index < -0.39 is 30.0 Å². The van der Waals surface area contributed by atoms with Crippen LogP contribution in [0.4, 0.5) is 22.7 Å². The van der Waals surface area contributed by atoms with Crippen LogP contribution >= 0.6 is 0 Å². The fraction of sp³-hybridized carbons (Fsp3) is 0. The van der Waals surface area contributed by atoms with Gasteiger partial charge in [-0.15, -0.1) is 10.2 Å². The lowest BCUT2D eigenvalue weighted by Crippen LogP contribution is -2.00. The summed E-state index contributed by atoms with van der Waals surface area (Å²) in [4.78, 5) is -0.964. The van der Waals surface area contributed by atoms with Gasteiger partial charge in [-0.1, -0.05) is 48.5 Å². The van der Waals surface area contributed by atoms with Gasteiger partial charge in [0.15, 0.2) is 0 Å². The van der Waals surface area contributed by atoms with Crippen molar-refractivity contribution in [2.75, 3.05) is 5.32 Å². The third-order valence-corrected chi connectivity index (χ3v) is 7.42. The molecule has 186 valence electrons. The van der Waals surface area contributed by atoms with Crippen LogP contribution in [0.25, 0.3) is 21.5 Å². The normalized spacial score (nSPS) is 12.4. The summed E-state index contributed by atoms with van der Waals surface area (Å²) in [6.45, 7) is 0. The van der Waals surface area contributed by atoms with E-state index in [2.05, 4.69) is 15.5 Å². The highest BCUT2D eigenvalue weighted by molar-refractivity contribution is 7.86. The van der Waals surface area contributed by atoms with Crippen LogP contribution in [0.3, 0.4) is 0 Å². The van der Waals surface area contributed by atoms with Crippen molar-refractivity contribution in [3.8, 4) is 0 Å². The Morgan fingerprint density at radius 2 is 1.27 bits per heavy atom. The quantitative estimate of drug-likeness (QED) is 0.164. The molecule has 0 aromatic heterocycles. The second-order valence-electron chi connectivity index (χ2n) is 8.15.